The van der Waals surface area contributed by atoms with Crippen molar-refractivity contribution in [3.63, 3.8) is 0 Å². The number of halogens is 2. The van der Waals surface area contributed by atoms with Gasteiger partial charge in [-0.1, -0.05) is 42.5 Å². The third-order valence-electron chi connectivity index (χ3n) is 6.95. The van der Waals surface area contributed by atoms with E-state index in [4.69, 9.17) is 18.0 Å². The molecule has 0 spiro atoms. The number of anilines is 3. The molecule has 1 heterocycles. The number of thiocarbonyl (C=S) groups is 1. The molecule has 0 radical (unpaired) electrons. The van der Waals surface area contributed by atoms with Gasteiger partial charge in [-0.05, 0) is 77.9 Å². The topological polar surface area (TPSA) is 73.6 Å². The van der Waals surface area contributed by atoms with E-state index in [2.05, 4.69) is 20.4 Å². The van der Waals surface area contributed by atoms with Gasteiger partial charge in [0.1, 0.15) is 11.6 Å². The van der Waals surface area contributed by atoms with Gasteiger partial charge in [0, 0.05) is 37.4 Å². The van der Waals surface area contributed by atoms with Crippen molar-refractivity contribution in [2.45, 2.75) is 6.04 Å². The molecule has 0 unspecified atom stereocenters. The molecule has 0 atom stereocenters. The fraction of sp³-hybridized carbons (Fsp3) is 0.161. The standard InChI is InChI=1S/C31H29F2N5OS/c32-24-11-6-21(7-12-24)29(22-8-13-25(33)14-9-22)38-18-16-37(17-19-38)28-15-10-23(30(34)39)20-27(28)36-31(40)35-26-4-2-1-3-5-26/h1-15,20,29H,16-19H2,(H2,34,39)(H2,35,36,40). The van der Waals surface area contributed by atoms with E-state index < -0.39 is 5.91 Å². The summed E-state index contributed by atoms with van der Waals surface area (Å²) < 4.78 is 27.4. The van der Waals surface area contributed by atoms with E-state index in [-0.39, 0.29) is 17.7 Å². The maximum atomic E-state index is 13.7. The Morgan fingerprint density at radius 2 is 1.35 bits per heavy atom. The van der Waals surface area contributed by atoms with Crippen LogP contribution < -0.4 is 21.3 Å². The van der Waals surface area contributed by atoms with Crippen molar-refractivity contribution in [3.8, 4) is 0 Å². The van der Waals surface area contributed by atoms with E-state index >= 15 is 0 Å². The zero-order valence-electron chi connectivity index (χ0n) is 21.7. The second-order valence-electron chi connectivity index (χ2n) is 9.57. The summed E-state index contributed by atoms with van der Waals surface area (Å²) in [5, 5.41) is 6.78. The Morgan fingerprint density at radius 1 is 0.775 bits per heavy atom. The number of carbonyl (C=O) groups excluding carboxylic acids is 1. The lowest BCUT2D eigenvalue weighted by Gasteiger charge is -2.41. The van der Waals surface area contributed by atoms with Gasteiger partial charge in [0.15, 0.2) is 5.11 Å². The maximum Gasteiger partial charge on any atom is 0.248 e. The summed E-state index contributed by atoms with van der Waals surface area (Å²) in [4.78, 5) is 16.5. The van der Waals surface area contributed by atoms with Crippen LogP contribution in [0.5, 0.6) is 0 Å². The second kappa shape index (κ2) is 12.2. The minimum absolute atomic E-state index is 0.152. The first-order valence-corrected chi connectivity index (χ1v) is 13.3. The average Bonchev–Trinajstić information content (AvgIpc) is 2.96. The number of carbonyl (C=O) groups is 1. The number of piperazine rings is 1. The highest BCUT2D eigenvalue weighted by atomic mass is 32.1. The monoisotopic (exact) mass is 557 g/mol. The van der Waals surface area contributed by atoms with Crippen LogP contribution in [0.1, 0.15) is 27.5 Å². The van der Waals surface area contributed by atoms with Crippen molar-refractivity contribution in [1.29, 1.82) is 0 Å². The van der Waals surface area contributed by atoms with Gasteiger partial charge in [0.2, 0.25) is 5.91 Å². The predicted molar refractivity (Wildman–Crippen MR) is 160 cm³/mol. The Bertz CT molecular complexity index is 1430. The van der Waals surface area contributed by atoms with Crippen molar-refractivity contribution >= 4 is 40.3 Å². The summed E-state index contributed by atoms with van der Waals surface area (Å²) in [6.07, 6.45) is 0. The molecular formula is C31H29F2N5OS. The highest BCUT2D eigenvalue weighted by Crippen LogP contribution is 2.33. The molecule has 1 aliphatic rings. The molecule has 0 saturated carbocycles. The normalized spacial score (nSPS) is 13.7. The van der Waals surface area contributed by atoms with Crippen LogP contribution in [0.15, 0.2) is 97.1 Å². The Kier molecular flexibility index (Phi) is 8.33. The van der Waals surface area contributed by atoms with Gasteiger partial charge in [-0.15, -0.1) is 0 Å². The van der Waals surface area contributed by atoms with Gasteiger partial charge in [0.25, 0.3) is 0 Å². The molecule has 0 aromatic heterocycles. The molecular weight excluding hydrogens is 528 g/mol. The van der Waals surface area contributed by atoms with Crippen LogP contribution in [0.3, 0.4) is 0 Å². The minimum Gasteiger partial charge on any atom is -0.367 e. The number of hydrogen-bond donors (Lipinski definition) is 3. The van der Waals surface area contributed by atoms with Crippen molar-refractivity contribution in [1.82, 2.24) is 4.90 Å². The molecule has 6 nitrogen and oxygen atoms in total. The van der Waals surface area contributed by atoms with Crippen LogP contribution in [0.4, 0.5) is 25.8 Å². The van der Waals surface area contributed by atoms with Crippen LogP contribution >= 0.6 is 12.2 Å². The number of para-hydroxylation sites is 1. The summed E-state index contributed by atoms with van der Waals surface area (Å²) in [7, 11) is 0. The van der Waals surface area contributed by atoms with Crippen LogP contribution in [0, 0.1) is 11.6 Å². The van der Waals surface area contributed by atoms with E-state index in [0.717, 1.165) is 22.5 Å². The van der Waals surface area contributed by atoms with Crippen LogP contribution in [0.25, 0.3) is 0 Å². The quantitative estimate of drug-likeness (QED) is 0.250. The largest absolute Gasteiger partial charge is 0.367 e. The first kappa shape index (κ1) is 27.2. The second-order valence-corrected chi connectivity index (χ2v) is 9.98. The van der Waals surface area contributed by atoms with Crippen molar-refractivity contribution < 1.29 is 13.6 Å². The van der Waals surface area contributed by atoms with Gasteiger partial charge < -0.3 is 21.3 Å². The minimum atomic E-state index is -0.525. The van der Waals surface area contributed by atoms with Gasteiger partial charge >= 0.3 is 0 Å². The lowest BCUT2D eigenvalue weighted by atomic mass is 9.96. The van der Waals surface area contributed by atoms with Crippen LogP contribution in [0.2, 0.25) is 0 Å². The summed E-state index contributed by atoms with van der Waals surface area (Å²) in [6, 6.07) is 27.6. The smallest absolute Gasteiger partial charge is 0.248 e. The Balaban J connectivity index is 1.36. The fourth-order valence-electron chi connectivity index (χ4n) is 5.00. The van der Waals surface area contributed by atoms with Crippen molar-refractivity contribution in [2.24, 2.45) is 5.73 Å². The molecule has 40 heavy (non-hydrogen) atoms. The lowest BCUT2D eigenvalue weighted by Crippen LogP contribution is -2.48. The molecule has 4 N–H and O–H groups in total. The number of nitrogens with zero attached hydrogens (tertiary/aromatic N) is 2. The number of benzene rings is 4. The zero-order chi connectivity index (χ0) is 28.1. The molecule has 0 aliphatic carbocycles. The first-order chi connectivity index (χ1) is 19.4. The molecule has 1 saturated heterocycles. The molecule has 204 valence electrons. The van der Waals surface area contributed by atoms with Crippen LogP contribution in [-0.4, -0.2) is 42.1 Å². The van der Waals surface area contributed by atoms with Crippen molar-refractivity contribution in [2.75, 3.05) is 41.7 Å². The highest BCUT2D eigenvalue weighted by Gasteiger charge is 2.28. The molecule has 9 heteroatoms. The van der Waals surface area contributed by atoms with E-state index in [1.54, 1.807) is 36.4 Å². The summed E-state index contributed by atoms with van der Waals surface area (Å²) in [5.74, 6) is -1.13. The third-order valence-corrected chi connectivity index (χ3v) is 7.16. The number of amides is 1. The van der Waals surface area contributed by atoms with E-state index in [0.29, 0.717) is 42.5 Å². The summed E-state index contributed by atoms with van der Waals surface area (Å²) >= 11 is 5.55. The molecule has 1 fully saturated rings. The molecule has 1 amide bonds. The molecule has 4 aromatic rings. The molecule has 4 aromatic carbocycles. The SMILES string of the molecule is NC(=O)c1ccc(N2CCN(C(c3ccc(F)cc3)c3ccc(F)cc3)CC2)c(NC(=S)Nc2ccccc2)c1. The van der Waals surface area contributed by atoms with Gasteiger partial charge in [-0.2, -0.15) is 0 Å². The van der Waals surface area contributed by atoms with E-state index in [1.165, 1.54) is 24.3 Å². The molecule has 5 rings (SSSR count). The first-order valence-electron chi connectivity index (χ1n) is 12.9. The van der Waals surface area contributed by atoms with Crippen molar-refractivity contribution in [3.05, 3.63) is 125 Å². The van der Waals surface area contributed by atoms with Crippen LogP contribution in [-0.2, 0) is 0 Å². The van der Waals surface area contributed by atoms with E-state index in [1.807, 2.05) is 36.4 Å². The zero-order valence-corrected chi connectivity index (χ0v) is 22.5. The highest BCUT2D eigenvalue weighted by molar-refractivity contribution is 7.80. The number of nitrogens with two attached hydrogens (primary N) is 1. The Hall–Kier alpha value is -4.34. The number of hydrogen-bond acceptors (Lipinski definition) is 4. The Labute approximate surface area is 237 Å². The number of nitrogens with one attached hydrogen (secondary N) is 2. The Morgan fingerprint density at radius 3 is 1.90 bits per heavy atom. The summed E-state index contributed by atoms with van der Waals surface area (Å²) in [6.45, 7) is 2.76. The molecule has 0 bridgehead atoms. The third kappa shape index (κ3) is 6.44. The van der Waals surface area contributed by atoms with Gasteiger partial charge in [-0.3, -0.25) is 9.69 Å². The maximum absolute atomic E-state index is 13.7. The van der Waals surface area contributed by atoms with E-state index in [9.17, 15) is 13.6 Å². The summed E-state index contributed by atoms with van der Waals surface area (Å²) in [5.41, 5.74) is 10.2. The van der Waals surface area contributed by atoms with Gasteiger partial charge in [-0.25, -0.2) is 8.78 Å². The average molecular weight is 558 g/mol. The lowest BCUT2D eigenvalue weighted by molar-refractivity contribution is 0.100. The molecule has 1 aliphatic heterocycles. The van der Waals surface area contributed by atoms with Gasteiger partial charge in [0.05, 0.1) is 17.4 Å². The fourth-order valence-corrected chi connectivity index (χ4v) is 5.22. The number of rotatable bonds is 7. The predicted octanol–water partition coefficient (Wildman–Crippen LogP) is 5.78. The number of primary amides is 1.